The van der Waals surface area contributed by atoms with Gasteiger partial charge in [0.25, 0.3) is 0 Å². The molecule has 1 aromatic carbocycles. The van der Waals surface area contributed by atoms with Crippen LogP contribution in [0, 0.1) is 0 Å². The van der Waals surface area contributed by atoms with Gasteiger partial charge in [0.2, 0.25) is 5.89 Å². The first-order valence-electron chi connectivity index (χ1n) is 6.12. The molecule has 0 aliphatic rings. The van der Waals surface area contributed by atoms with Gasteiger partial charge in [-0.05, 0) is 18.7 Å². The zero-order chi connectivity index (χ0) is 14.6. The van der Waals surface area contributed by atoms with Crippen LogP contribution >= 0.6 is 0 Å². The largest absolute Gasteiger partial charge is 0.416 e. The Morgan fingerprint density at radius 2 is 2.00 bits per heavy atom. The van der Waals surface area contributed by atoms with E-state index in [2.05, 4.69) is 15.5 Å². The number of nitrogens with one attached hydrogen (secondary N) is 1. The van der Waals surface area contributed by atoms with Crippen molar-refractivity contribution < 1.29 is 17.7 Å². The summed E-state index contributed by atoms with van der Waals surface area (Å²) in [7, 11) is 1.79. The number of aromatic nitrogens is 2. The minimum Gasteiger partial charge on any atom is -0.339 e. The molecule has 0 atom stereocenters. The Hall–Kier alpha value is -1.89. The van der Waals surface area contributed by atoms with E-state index in [4.69, 9.17) is 4.52 Å². The highest BCUT2D eigenvalue weighted by atomic mass is 19.4. The van der Waals surface area contributed by atoms with Crippen LogP contribution in [0.25, 0.3) is 0 Å². The summed E-state index contributed by atoms with van der Waals surface area (Å²) in [6.45, 7) is 0.667. The highest BCUT2D eigenvalue weighted by Crippen LogP contribution is 2.32. The summed E-state index contributed by atoms with van der Waals surface area (Å²) in [6, 6.07) is 5.40. The molecule has 0 bridgehead atoms. The summed E-state index contributed by atoms with van der Waals surface area (Å²) < 4.78 is 43.5. The second-order valence-corrected chi connectivity index (χ2v) is 4.29. The van der Waals surface area contributed by atoms with Crippen molar-refractivity contribution in [3.63, 3.8) is 0 Å². The second-order valence-electron chi connectivity index (χ2n) is 4.29. The van der Waals surface area contributed by atoms with E-state index >= 15 is 0 Å². The summed E-state index contributed by atoms with van der Waals surface area (Å²) in [5.74, 6) is 0.673. The van der Waals surface area contributed by atoms with Gasteiger partial charge < -0.3 is 9.84 Å². The van der Waals surface area contributed by atoms with E-state index in [0.29, 0.717) is 18.9 Å². The molecule has 2 aromatic rings. The van der Waals surface area contributed by atoms with Gasteiger partial charge >= 0.3 is 6.18 Å². The molecule has 0 aliphatic carbocycles. The van der Waals surface area contributed by atoms with Gasteiger partial charge in [0, 0.05) is 19.4 Å². The van der Waals surface area contributed by atoms with Crippen LogP contribution in [-0.2, 0) is 19.0 Å². The maximum atomic E-state index is 12.9. The van der Waals surface area contributed by atoms with Crippen molar-refractivity contribution in [2.75, 3.05) is 13.6 Å². The fraction of sp³-hybridized carbons (Fsp3) is 0.385. The van der Waals surface area contributed by atoms with Crippen LogP contribution < -0.4 is 5.32 Å². The molecule has 0 radical (unpaired) electrons. The number of hydrogen-bond donors (Lipinski definition) is 1. The topological polar surface area (TPSA) is 51.0 Å². The Labute approximate surface area is 114 Å². The highest BCUT2D eigenvalue weighted by molar-refractivity contribution is 5.31. The molecule has 0 fully saturated rings. The Morgan fingerprint density at radius 1 is 1.25 bits per heavy atom. The third kappa shape index (κ3) is 3.57. The van der Waals surface area contributed by atoms with E-state index in [0.717, 1.165) is 6.07 Å². The van der Waals surface area contributed by atoms with Gasteiger partial charge in [-0.25, -0.2) is 0 Å². The van der Waals surface area contributed by atoms with Crippen molar-refractivity contribution in [3.05, 3.63) is 47.1 Å². The Balaban J connectivity index is 2.16. The number of hydrogen-bond acceptors (Lipinski definition) is 4. The predicted molar refractivity (Wildman–Crippen MR) is 66.2 cm³/mol. The predicted octanol–water partition coefficient (Wildman–Crippen LogP) is 2.44. The molecule has 0 spiro atoms. The Kier molecular flexibility index (Phi) is 4.39. The van der Waals surface area contributed by atoms with Gasteiger partial charge in [-0.2, -0.15) is 18.2 Å². The average Bonchev–Trinajstić information content (AvgIpc) is 2.83. The molecule has 7 heteroatoms. The lowest BCUT2D eigenvalue weighted by Crippen LogP contribution is -2.11. The molecule has 108 valence electrons. The third-order valence-electron chi connectivity index (χ3n) is 2.77. The number of likely N-dealkylation sites (N-methyl/N-ethyl adjacent to an activating group) is 1. The minimum absolute atomic E-state index is 0.00125. The van der Waals surface area contributed by atoms with Crippen LogP contribution in [0.1, 0.15) is 22.8 Å². The number of benzene rings is 1. The van der Waals surface area contributed by atoms with E-state index in [1.165, 1.54) is 12.1 Å². The third-order valence-corrected chi connectivity index (χ3v) is 2.77. The zero-order valence-electron chi connectivity index (χ0n) is 10.9. The van der Waals surface area contributed by atoms with Crippen LogP contribution in [0.3, 0.4) is 0 Å². The van der Waals surface area contributed by atoms with E-state index in [9.17, 15) is 13.2 Å². The van der Waals surface area contributed by atoms with Crippen LogP contribution in [-0.4, -0.2) is 23.7 Å². The lowest BCUT2D eigenvalue weighted by atomic mass is 10.0. The summed E-state index contributed by atoms with van der Waals surface area (Å²) in [4.78, 5) is 4.08. The van der Waals surface area contributed by atoms with Crippen molar-refractivity contribution in [3.8, 4) is 0 Å². The highest BCUT2D eigenvalue weighted by Gasteiger charge is 2.33. The molecular formula is C13H14F3N3O. The number of alkyl halides is 3. The summed E-state index contributed by atoms with van der Waals surface area (Å²) >= 11 is 0. The lowest BCUT2D eigenvalue weighted by Gasteiger charge is -2.10. The number of rotatable bonds is 5. The van der Waals surface area contributed by atoms with Gasteiger partial charge in [0.05, 0.1) is 5.56 Å². The lowest BCUT2D eigenvalue weighted by molar-refractivity contribution is -0.138. The van der Waals surface area contributed by atoms with Crippen molar-refractivity contribution in [2.45, 2.75) is 19.0 Å². The minimum atomic E-state index is -4.38. The van der Waals surface area contributed by atoms with Crippen LogP contribution in [0.15, 0.2) is 28.8 Å². The molecule has 1 heterocycles. The van der Waals surface area contributed by atoms with E-state index in [1.54, 1.807) is 13.1 Å². The van der Waals surface area contributed by atoms with Gasteiger partial charge in [-0.1, -0.05) is 23.4 Å². The first-order chi connectivity index (χ1) is 9.50. The van der Waals surface area contributed by atoms with Crippen molar-refractivity contribution in [1.82, 2.24) is 15.5 Å². The normalized spacial score (nSPS) is 11.8. The maximum Gasteiger partial charge on any atom is 0.416 e. The summed E-state index contributed by atoms with van der Waals surface area (Å²) in [6.07, 6.45) is -3.83. The standard InChI is InChI=1S/C13H14F3N3O/c1-17-7-6-12-18-11(19-20-12)8-9-4-2-3-5-10(9)13(14,15)16/h2-5,17H,6-8H2,1H3. The SMILES string of the molecule is CNCCc1nc(Cc2ccccc2C(F)(F)F)no1. The van der Waals surface area contributed by atoms with Gasteiger partial charge in [0.15, 0.2) is 5.82 Å². The first-order valence-corrected chi connectivity index (χ1v) is 6.12. The second kappa shape index (κ2) is 6.04. The number of nitrogens with zero attached hydrogens (tertiary/aromatic N) is 2. The molecule has 0 aliphatic heterocycles. The van der Waals surface area contributed by atoms with Crippen molar-refractivity contribution >= 4 is 0 Å². The van der Waals surface area contributed by atoms with Crippen LogP contribution in [0.5, 0.6) is 0 Å². The van der Waals surface area contributed by atoms with E-state index < -0.39 is 11.7 Å². The van der Waals surface area contributed by atoms with Crippen molar-refractivity contribution in [1.29, 1.82) is 0 Å². The molecule has 0 unspecified atom stereocenters. The molecule has 1 aromatic heterocycles. The van der Waals surface area contributed by atoms with Crippen LogP contribution in [0.4, 0.5) is 13.2 Å². The Bertz CT molecular complexity index is 566. The van der Waals surface area contributed by atoms with Gasteiger partial charge in [-0.15, -0.1) is 0 Å². The van der Waals surface area contributed by atoms with Crippen LogP contribution in [0.2, 0.25) is 0 Å². The van der Waals surface area contributed by atoms with Crippen molar-refractivity contribution in [2.24, 2.45) is 0 Å². The molecule has 4 nitrogen and oxygen atoms in total. The van der Waals surface area contributed by atoms with Gasteiger partial charge in [-0.3, -0.25) is 0 Å². The monoisotopic (exact) mass is 285 g/mol. The quantitative estimate of drug-likeness (QED) is 0.916. The summed E-state index contributed by atoms with van der Waals surface area (Å²) in [5.41, 5.74) is -0.525. The molecule has 0 saturated carbocycles. The molecule has 0 saturated heterocycles. The van der Waals surface area contributed by atoms with E-state index in [-0.39, 0.29) is 17.8 Å². The fourth-order valence-electron chi connectivity index (χ4n) is 1.82. The molecule has 0 amide bonds. The fourth-order valence-corrected chi connectivity index (χ4v) is 1.82. The van der Waals surface area contributed by atoms with E-state index in [1.807, 2.05) is 0 Å². The molecule has 2 rings (SSSR count). The zero-order valence-corrected chi connectivity index (χ0v) is 10.9. The molecular weight excluding hydrogens is 271 g/mol. The Morgan fingerprint density at radius 3 is 2.70 bits per heavy atom. The molecule has 1 N–H and O–H groups in total. The molecule has 20 heavy (non-hydrogen) atoms. The number of halogens is 3. The van der Waals surface area contributed by atoms with Gasteiger partial charge in [0.1, 0.15) is 0 Å². The first kappa shape index (κ1) is 14.5. The smallest absolute Gasteiger partial charge is 0.339 e. The maximum absolute atomic E-state index is 12.9. The average molecular weight is 285 g/mol. The summed E-state index contributed by atoms with van der Waals surface area (Å²) in [5, 5.41) is 6.63.